The molecule has 6 nitrogen and oxygen atoms in total. The fourth-order valence-electron chi connectivity index (χ4n) is 2.16. The van der Waals surface area contributed by atoms with Crippen molar-refractivity contribution >= 4 is 11.9 Å². The monoisotopic (exact) mass is 333 g/mol. The first-order valence-corrected chi connectivity index (χ1v) is 6.66. The number of carboxylic acid groups (broad SMARTS) is 1. The number of hydrogen-bond donors (Lipinski definition) is 2. The van der Waals surface area contributed by atoms with Gasteiger partial charge in [0.25, 0.3) is 5.91 Å². The second kappa shape index (κ2) is 6.45. The van der Waals surface area contributed by atoms with Gasteiger partial charge in [0.05, 0.1) is 12.2 Å². The van der Waals surface area contributed by atoms with Crippen LogP contribution in [0, 0.1) is 0 Å². The maximum absolute atomic E-state index is 12.8. The Kier molecular flexibility index (Phi) is 4.79. The molecule has 126 valence electrons. The van der Waals surface area contributed by atoms with Crippen molar-refractivity contribution in [3.8, 4) is 5.75 Å². The van der Waals surface area contributed by atoms with E-state index in [1.807, 2.05) is 0 Å². The predicted molar refractivity (Wildman–Crippen MR) is 70.9 cm³/mol. The number of alkyl halides is 3. The van der Waals surface area contributed by atoms with E-state index in [0.29, 0.717) is 0 Å². The summed E-state index contributed by atoms with van der Waals surface area (Å²) in [5, 5.41) is 11.4. The maximum atomic E-state index is 12.8. The summed E-state index contributed by atoms with van der Waals surface area (Å²) in [6.45, 7) is -0.764. The zero-order chi connectivity index (χ0) is 17.1. The lowest BCUT2D eigenvalue weighted by Gasteiger charge is -2.23. The molecule has 2 rings (SSSR count). The predicted octanol–water partition coefficient (Wildman–Crippen LogP) is 1.44. The van der Waals surface area contributed by atoms with Gasteiger partial charge in [-0.1, -0.05) is 12.1 Å². The molecule has 1 heterocycles. The van der Waals surface area contributed by atoms with Crippen LogP contribution >= 0.6 is 0 Å². The molecule has 1 atom stereocenters. The molecule has 0 radical (unpaired) electrons. The number of hydrogen-bond acceptors (Lipinski definition) is 4. The number of carbonyl (C=O) groups is 2. The van der Waals surface area contributed by atoms with Gasteiger partial charge in [-0.3, -0.25) is 4.79 Å². The smallest absolute Gasteiger partial charge is 0.419 e. The molecule has 1 aromatic carbocycles. The molecule has 1 aromatic rings. The molecule has 0 spiro atoms. The van der Waals surface area contributed by atoms with Crippen LogP contribution in [0.25, 0.3) is 0 Å². The van der Waals surface area contributed by atoms with E-state index in [-0.39, 0.29) is 19.6 Å². The minimum atomic E-state index is -4.62. The van der Waals surface area contributed by atoms with Crippen molar-refractivity contribution in [2.75, 3.05) is 19.8 Å². The van der Waals surface area contributed by atoms with Crippen molar-refractivity contribution in [2.24, 2.45) is 0 Å². The molecule has 1 aliphatic heterocycles. The topological polar surface area (TPSA) is 84.9 Å². The largest absolute Gasteiger partial charge is 0.483 e. The minimum Gasteiger partial charge on any atom is -0.483 e. The van der Waals surface area contributed by atoms with Crippen LogP contribution < -0.4 is 10.1 Å². The first-order chi connectivity index (χ1) is 10.7. The van der Waals surface area contributed by atoms with Gasteiger partial charge in [-0.15, -0.1) is 0 Å². The third-order valence-electron chi connectivity index (χ3n) is 3.36. The number of carbonyl (C=O) groups excluding carboxylic acids is 1. The Morgan fingerprint density at radius 3 is 2.61 bits per heavy atom. The van der Waals surface area contributed by atoms with Crippen LogP contribution in [0.1, 0.15) is 12.0 Å². The van der Waals surface area contributed by atoms with Crippen LogP contribution in [-0.4, -0.2) is 42.3 Å². The molecular weight excluding hydrogens is 319 g/mol. The summed E-state index contributed by atoms with van der Waals surface area (Å²) in [5.74, 6) is -2.60. The first-order valence-electron chi connectivity index (χ1n) is 6.66. The normalized spacial score (nSPS) is 21.0. The van der Waals surface area contributed by atoms with E-state index in [4.69, 9.17) is 14.6 Å². The zero-order valence-electron chi connectivity index (χ0n) is 11.9. The summed E-state index contributed by atoms with van der Waals surface area (Å²) in [5.41, 5.74) is -2.57. The molecule has 1 saturated heterocycles. The Labute approximate surface area is 129 Å². The van der Waals surface area contributed by atoms with E-state index in [9.17, 15) is 22.8 Å². The van der Waals surface area contributed by atoms with E-state index in [0.717, 1.165) is 12.1 Å². The number of nitrogens with one attached hydrogen (secondary N) is 1. The molecule has 1 aliphatic rings. The van der Waals surface area contributed by atoms with Crippen LogP contribution in [-0.2, 0) is 20.5 Å². The van der Waals surface area contributed by atoms with Crippen molar-refractivity contribution in [1.29, 1.82) is 0 Å². The highest BCUT2D eigenvalue weighted by Crippen LogP contribution is 2.35. The van der Waals surface area contributed by atoms with Gasteiger partial charge in [0.15, 0.2) is 12.1 Å². The SMILES string of the molecule is O=C(COc1ccccc1C(F)(F)F)NC1(C(=O)O)CCOC1. The molecule has 0 bridgehead atoms. The molecule has 0 aliphatic carbocycles. The van der Waals surface area contributed by atoms with Gasteiger partial charge < -0.3 is 19.9 Å². The number of halogens is 3. The second-order valence-corrected chi connectivity index (χ2v) is 5.02. The lowest BCUT2D eigenvalue weighted by Crippen LogP contribution is -2.56. The van der Waals surface area contributed by atoms with Crippen molar-refractivity contribution in [1.82, 2.24) is 5.32 Å². The number of para-hydroxylation sites is 1. The number of carboxylic acids is 1. The minimum absolute atomic E-state index is 0.0766. The fourth-order valence-corrected chi connectivity index (χ4v) is 2.16. The van der Waals surface area contributed by atoms with Gasteiger partial charge in [-0.2, -0.15) is 13.2 Å². The molecule has 1 fully saturated rings. The van der Waals surface area contributed by atoms with Gasteiger partial charge in [0.1, 0.15) is 5.75 Å². The van der Waals surface area contributed by atoms with Gasteiger partial charge in [-0.05, 0) is 12.1 Å². The number of rotatable bonds is 5. The van der Waals surface area contributed by atoms with Crippen molar-refractivity contribution in [2.45, 2.75) is 18.1 Å². The van der Waals surface area contributed by atoms with Crippen LogP contribution in [0.3, 0.4) is 0 Å². The summed E-state index contributed by atoms with van der Waals surface area (Å²) in [6.07, 6.45) is -4.54. The van der Waals surface area contributed by atoms with E-state index in [1.54, 1.807) is 0 Å². The number of benzene rings is 1. The first kappa shape index (κ1) is 17.1. The molecule has 0 aromatic heterocycles. The van der Waals surface area contributed by atoms with Crippen LogP contribution in [0.2, 0.25) is 0 Å². The van der Waals surface area contributed by atoms with Crippen LogP contribution in [0.4, 0.5) is 13.2 Å². The van der Waals surface area contributed by atoms with Crippen molar-refractivity contribution < 1.29 is 37.3 Å². The van der Waals surface area contributed by atoms with Crippen LogP contribution in [0.15, 0.2) is 24.3 Å². The lowest BCUT2D eigenvalue weighted by molar-refractivity contribution is -0.148. The molecule has 1 unspecified atom stereocenters. The van der Waals surface area contributed by atoms with Crippen LogP contribution in [0.5, 0.6) is 5.75 Å². The molecule has 0 saturated carbocycles. The van der Waals surface area contributed by atoms with E-state index in [1.165, 1.54) is 12.1 Å². The molecule has 9 heteroatoms. The van der Waals surface area contributed by atoms with Gasteiger partial charge in [0.2, 0.25) is 0 Å². The Morgan fingerprint density at radius 2 is 2.04 bits per heavy atom. The van der Waals surface area contributed by atoms with Crippen molar-refractivity contribution in [3.63, 3.8) is 0 Å². The maximum Gasteiger partial charge on any atom is 0.419 e. The molecule has 1 amide bonds. The number of aliphatic carboxylic acids is 1. The zero-order valence-corrected chi connectivity index (χ0v) is 11.9. The van der Waals surface area contributed by atoms with Gasteiger partial charge in [0, 0.05) is 13.0 Å². The average molecular weight is 333 g/mol. The molecule has 23 heavy (non-hydrogen) atoms. The highest BCUT2D eigenvalue weighted by atomic mass is 19.4. The Morgan fingerprint density at radius 1 is 1.35 bits per heavy atom. The molecular formula is C14H14F3NO5. The van der Waals surface area contributed by atoms with E-state index < -0.39 is 41.5 Å². The Hall–Kier alpha value is -2.29. The third kappa shape index (κ3) is 3.92. The summed E-state index contributed by atoms with van der Waals surface area (Å²) < 4.78 is 48.2. The van der Waals surface area contributed by atoms with Gasteiger partial charge >= 0.3 is 12.1 Å². The molecule has 2 N–H and O–H groups in total. The highest BCUT2D eigenvalue weighted by molar-refractivity contribution is 5.88. The van der Waals surface area contributed by atoms with E-state index >= 15 is 0 Å². The number of ether oxygens (including phenoxy) is 2. The summed E-state index contributed by atoms with van der Waals surface area (Å²) in [4.78, 5) is 23.0. The third-order valence-corrected chi connectivity index (χ3v) is 3.36. The summed E-state index contributed by atoms with van der Waals surface area (Å²) in [6, 6.07) is 4.45. The summed E-state index contributed by atoms with van der Waals surface area (Å²) in [7, 11) is 0. The standard InChI is InChI=1S/C14H14F3NO5/c15-14(16,17)9-3-1-2-4-10(9)23-7-11(19)18-13(12(20)21)5-6-22-8-13/h1-4H,5-8H2,(H,18,19)(H,20,21). The number of amides is 1. The average Bonchev–Trinajstić information content (AvgIpc) is 2.94. The quantitative estimate of drug-likeness (QED) is 0.852. The fraction of sp³-hybridized carbons (Fsp3) is 0.429. The lowest BCUT2D eigenvalue weighted by atomic mass is 9.99. The Balaban J connectivity index is 2.02. The van der Waals surface area contributed by atoms with Crippen molar-refractivity contribution in [3.05, 3.63) is 29.8 Å². The highest BCUT2D eigenvalue weighted by Gasteiger charge is 2.44. The second-order valence-electron chi connectivity index (χ2n) is 5.02. The summed E-state index contributed by atoms with van der Waals surface area (Å²) >= 11 is 0. The Bertz CT molecular complexity index is 596. The van der Waals surface area contributed by atoms with E-state index in [2.05, 4.69) is 5.32 Å². The van der Waals surface area contributed by atoms with Gasteiger partial charge in [-0.25, -0.2) is 4.79 Å².